The Hall–Kier alpha value is -3.14. The first kappa shape index (κ1) is 18.6. The van der Waals surface area contributed by atoms with Crippen LogP contribution in [0, 0.1) is 6.92 Å². The Morgan fingerprint density at radius 1 is 1.04 bits per heavy atom. The molecule has 0 aliphatic heterocycles. The van der Waals surface area contributed by atoms with E-state index in [1.807, 2.05) is 61.5 Å². The fourth-order valence-corrected chi connectivity index (χ4v) is 3.21. The summed E-state index contributed by atoms with van der Waals surface area (Å²) in [5, 5.41) is 0. The van der Waals surface area contributed by atoms with Crippen LogP contribution in [0.25, 0.3) is 11.3 Å². The molecule has 0 saturated heterocycles. The van der Waals surface area contributed by atoms with E-state index in [4.69, 9.17) is 0 Å². The molecule has 1 N–H and O–H groups in total. The van der Waals surface area contributed by atoms with Gasteiger partial charge in [0, 0.05) is 19.3 Å². The van der Waals surface area contributed by atoms with Crippen molar-refractivity contribution in [1.82, 2.24) is 9.88 Å². The van der Waals surface area contributed by atoms with Gasteiger partial charge in [0.2, 0.25) is 0 Å². The molecular weight excluding hydrogens is 336 g/mol. The van der Waals surface area contributed by atoms with Crippen LogP contribution in [0.1, 0.15) is 34.3 Å². The van der Waals surface area contributed by atoms with Crippen molar-refractivity contribution in [3.63, 3.8) is 0 Å². The zero-order chi connectivity index (χ0) is 19.4. The van der Waals surface area contributed by atoms with Crippen molar-refractivity contribution in [2.45, 2.75) is 19.8 Å². The van der Waals surface area contributed by atoms with Crippen molar-refractivity contribution in [2.75, 3.05) is 13.6 Å². The van der Waals surface area contributed by atoms with Gasteiger partial charge in [0.25, 0.3) is 11.5 Å². The first-order valence-electron chi connectivity index (χ1n) is 9.06. The molecule has 138 valence electrons. The Morgan fingerprint density at radius 3 is 2.44 bits per heavy atom. The number of likely N-dealkylation sites (N-methyl/N-ethyl adjacent to an activating group) is 1. The number of aryl methyl sites for hydroxylation is 1. The summed E-state index contributed by atoms with van der Waals surface area (Å²) >= 11 is 0. The van der Waals surface area contributed by atoms with E-state index in [1.165, 1.54) is 5.56 Å². The second-order valence-electron chi connectivity index (χ2n) is 6.98. The van der Waals surface area contributed by atoms with Crippen LogP contribution in [0.2, 0.25) is 0 Å². The number of aromatic nitrogens is 1. The summed E-state index contributed by atoms with van der Waals surface area (Å²) < 4.78 is 0. The summed E-state index contributed by atoms with van der Waals surface area (Å²) in [6.45, 7) is 4.62. The summed E-state index contributed by atoms with van der Waals surface area (Å²) in [7, 11) is 1.73. The van der Waals surface area contributed by atoms with E-state index in [-0.39, 0.29) is 22.9 Å². The Morgan fingerprint density at radius 2 is 1.78 bits per heavy atom. The van der Waals surface area contributed by atoms with Crippen LogP contribution in [0.15, 0.2) is 71.5 Å². The third-order valence-electron chi connectivity index (χ3n) is 4.73. The molecule has 0 radical (unpaired) electrons. The van der Waals surface area contributed by atoms with E-state index in [1.54, 1.807) is 24.1 Å². The summed E-state index contributed by atoms with van der Waals surface area (Å²) in [5.74, 6) is -0.0828. The molecule has 4 heteroatoms. The minimum Gasteiger partial charge on any atom is -0.341 e. The first-order chi connectivity index (χ1) is 13.0. The molecule has 1 unspecified atom stereocenters. The smallest absolute Gasteiger partial charge is 0.261 e. The van der Waals surface area contributed by atoms with Crippen LogP contribution in [0.5, 0.6) is 0 Å². The highest BCUT2D eigenvalue weighted by atomic mass is 16.2. The fourth-order valence-electron chi connectivity index (χ4n) is 3.21. The van der Waals surface area contributed by atoms with Crippen molar-refractivity contribution in [1.29, 1.82) is 0 Å². The SMILES string of the molecule is Cc1cccc(-c2ccc(C(=O)N(C)CC(C)c3ccccc3)c(=O)[nH]2)c1. The second kappa shape index (κ2) is 8.04. The van der Waals surface area contributed by atoms with E-state index in [0.29, 0.717) is 12.2 Å². The molecule has 3 aromatic rings. The van der Waals surface area contributed by atoms with Gasteiger partial charge < -0.3 is 9.88 Å². The quantitative estimate of drug-likeness (QED) is 0.740. The molecule has 0 aliphatic carbocycles. The number of benzene rings is 2. The summed E-state index contributed by atoms with van der Waals surface area (Å²) in [5.41, 5.74) is 3.72. The monoisotopic (exact) mass is 360 g/mol. The van der Waals surface area contributed by atoms with Crippen LogP contribution in [0.4, 0.5) is 0 Å². The van der Waals surface area contributed by atoms with Gasteiger partial charge in [-0.2, -0.15) is 0 Å². The summed E-state index contributed by atoms with van der Waals surface area (Å²) in [6.07, 6.45) is 0. The van der Waals surface area contributed by atoms with Gasteiger partial charge >= 0.3 is 0 Å². The fraction of sp³-hybridized carbons (Fsp3) is 0.217. The third kappa shape index (κ3) is 4.34. The molecule has 1 atom stereocenters. The number of nitrogens with one attached hydrogen (secondary N) is 1. The number of hydrogen-bond acceptors (Lipinski definition) is 2. The zero-order valence-electron chi connectivity index (χ0n) is 15.9. The molecule has 1 amide bonds. The lowest BCUT2D eigenvalue weighted by Gasteiger charge is -2.22. The lowest BCUT2D eigenvalue weighted by molar-refractivity contribution is 0.0786. The first-order valence-corrected chi connectivity index (χ1v) is 9.06. The maximum Gasteiger partial charge on any atom is 0.261 e. The van der Waals surface area contributed by atoms with Crippen molar-refractivity contribution in [2.24, 2.45) is 0 Å². The number of pyridine rings is 1. The van der Waals surface area contributed by atoms with Crippen molar-refractivity contribution in [3.05, 3.63) is 93.8 Å². The van der Waals surface area contributed by atoms with Crippen LogP contribution in [-0.4, -0.2) is 29.4 Å². The van der Waals surface area contributed by atoms with E-state index < -0.39 is 0 Å². The topological polar surface area (TPSA) is 53.2 Å². The Balaban J connectivity index is 1.77. The predicted molar refractivity (Wildman–Crippen MR) is 109 cm³/mol. The summed E-state index contributed by atoms with van der Waals surface area (Å²) in [6, 6.07) is 21.3. The molecule has 0 fully saturated rings. The Kier molecular flexibility index (Phi) is 5.55. The van der Waals surface area contributed by atoms with Gasteiger partial charge in [0.1, 0.15) is 5.56 Å². The average molecular weight is 360 g/mol. The largest absolute Gasteiger partial charge is 0.341 e. The molecule has 0 aliphatic rings. The van der Waals surface area contributed by atoms with E-state index in [0.717, 1.165) is 11.1 Å². The summed E-state index contributed by atoms with van der Waals surface area (Å²) in [4.78, 5) is 29.7. The lowest BCUT2D eigenvalue weighted by Crippen LogP contribution is -2.34. The molecule has 27 heavy (non-hydrogen) atoms. The highest BCUT2D eigenvalue weighted by Gasteiger charge is 2.18. The molecule has 1 heterocycles. The Bertz CT molecular complexity index is 993. The number of carbonyl (C=O) groups is 1. The number of H-pyrrole nitrogens is 1. The number of nitrogens with zero attached hydrogens (tertiary/aromatic N) is 1. The van der Waals surface area contributed by atoms with Gasteiger partial charge in [0.05, 0.1) is 0 Å². The average Bonchev–Trinajstić information content (AvgIpc) is 2.68. The zero-order valence-corrected chi connectivity index (χ0v) is 15.9. The molecule has 2 aromatic carbocycles. The van der Waals surface area contributed by atoms with Gasteiger partial charge in [-0.15, -0.1) is 0 Å². The van der Waals surface area contributed by atoms with Crippen LogP contribution < -0.4 is 5.56 Å². The van der Waals surface area contributed by atoms with Crippen molar-refractivity contribution >= 4 is 5.91 Å². The van der Waals surface area contributed by atoms with Crippen LogP contribution in [0.3, 0.4) is 0 Å². The van der Waals surface area contributed by atoms with Gasteiger partial charge in [-0.05, 0) is 42.2 Å². The maximum absolute atomic E-state index is 12.7. The maximum atomic E-state index is 12.7. The van der Waals surface area contributed by atoms with Gasteiger partial charge in [-0.1, -0.05) is 61.0 Å². The molecule has 0 spiro atoms. The minimum atomic E-state index is -0.363. The number of carbonyl (C=O) groups excluding carboxylic acids is 1. The normalized spacial score (nSPS) is 11.8. The standard InChI is InChI=1S/C23H24N2O2/c1-16-8-7-11-19(14-16)21-13-12-20(22(26)24-21)23(27)25(3)15-17(2)18-9-5-4-6-10-18/h4-14,17H,15H2,1-3H3,(H,24,26). The van der Waals surface area contributed by atoms with E-state index in [2.05, 4.69) is 11.9 Å². The molecular formula is C23H24N2O2. The van der Waals surface area contributed by atoms with Crippen LogP contribution >= 0.6 is 0 Å². The molecule has 0 bridgehead atoms. The highest BCUT2D eigenvalue weighted by Crippen LogP contribution is 2.18. The molecule has 1 aromatic heterocycles. The van der Waals surface area contributed by atoms with Gasteiger partial charge in [-0.3, -0.25) is 9.59 Å². The lowest BCUT2D eigenvalue weighted by atomic mass is 10.0. The van der Waals surface area contributed by atoms with Gasteiger partial charge in [0.15, 0.2) is 0 Å². The molecule has 4 nitrogen and oxygen atoms in total. The van der Waals surface area contributed by atoms with Gasteiger partial charge in [-0.25, -0.2) is 0 Å². The Labute approximate surface area is 159 Å². The van der Waals surface area contributed by atoms with Crippen LogP contribution in [-0.2, 0) is 0 Å². The van der Waals surface area contributed by atoms with E-state index in [9.17, 15) is 9.59 Å². The second-order valence-corrected chi connectivity index (χ2v) is 6.98. The highest BCUT2D eigenvalue weighted by molar-refractivity contribution is 5.94. The number of amides is 1. The number of aromatic amines is 1. The molecule has 0 saturated carbocycles. The minimum absolute atomic E-state index is 0.161. The van der Waals surface area contributed by atoms with Crippen molar-refractivity contribution < 1.29 is 4.79 Å². The van der Waals surface area contributed by atoms with E-state index >= 15 is 0 Å². The third-order valence-corrected chi connectivity index (χ3v) is 4.73. The predicted octanol–water partition coefficient (Wildman–Crippen LogP) is 4.23. The number of hydrogen-bond donors (Lipinski definition) is 1. The van der Waals surface area contributed by atoms with Crippen molar-refractivity contribution in [3.8, 4) is 11.3 Å². The molecule has 3 rings (SSSR count). The number of rotatable bonds is 5.